The number of ether oxygens (including phenoxy) is 1. The minimum absolute atomic E-state index is 0.0115. The van der Waals surface area contributed by atoms with Crippen molar-refractivity contribution in [3.63, 3.8) is 0 Å². The van der Waals surface area contributed by atoms with Crippen molar-refractivity contribution in [1.82, 2.24) is 9.80 Å². The summed E-state index contributed by atoms with van der Waals surface area (Å²) in [4.78, 5) is 20.2. The molecule has 6 heteroatoms. The van der Waals surface area contributed by atoms with Gasteiger partial charge in [-0.05, 0) is 12.5 Å². The Kier molecular flexibility index (Phi) is 6.21. The van der Waals surface area contributed by atoms with Crippen LogP contribution < -0.4 is 5.73 Å². The fraction of sp³-hybridized carbons (Fsp3) is 0.500. The zero-order valence-electron chi connectivity index (χ0n) is 13.1. The Balaban J connectivity index is 1.88. The minimum atomic E-state index is -0.0115. The minimum Gasteiger partial charge on any atom is -0.378 e. The lowest BCUT2D eigenvalue weighted by Crippen LogP contribution is -2.45. The smallest absolute Gasteiger partial charge is 0.244 e. The molecular weight excluding hydrogens is 280 g/mol. The van der Waals surface area contributed by atoms with Crippen LogP contribution in [0.15, 0.2) is 35.3 Å². The van der Waals surface area contributed by atoms with Crippen LogP contribution in [-0.2, 0) is 16.1 Å². The fourth-order valence-electron chi connectivity index (χ4n) is 2.32. The summed E-state index contributed by atoms with van der Waals surface area (Å²) >= 11 is 0. The summed E-state index contributed by atoms with van der Waals surface area (Å²) < 4.78 is 5.27. The molecule has 22 heavy (non-hydrogen) atoms. The first-order valence-electron chi connectivity index (χ1n) is 7.65. The number of hydrogen-bond acceptors (Lipinski definition) is 3. The molecule has 0 saturated carbocycles. The summed E-state index contributed by atoms with van der Waals surface area (Å²) in [5, 5.41) is 0. The van der Waals surface area contributed by atoms with Gasteiger partial charge in [-0.1, -0.05) is 30.3 Å². The zero-order chi connectivity index (χ0) is 15.8. The molecule has 0 aromatic heterocycles. The van der Waals surface area contributed by atoms with Crippen LogP contribution in [0.3, 0.4) is 0 Å². The maximum absolute atomic E-state index is 12.3. The van der Waals surface area contributed by atoms with Gasteiger partial charge in [-0.2, -0.15) is 0 Å². The van der Waals surface area contributed by atoms with Crippen LogP contribution in [0.4, 0.5) is 0 Å². The van der Waals surface area contributed by atoms with Crippen molar-refractivity contribution in [1.29, 1.82) is 0 Å². The summed E-state index contributed by atoms with van der Waals surface area (Å²) in [6.07, 6.45) is 0. The molecule has 0 unspecified atom stereocenters. The van der Waals surface area contributed by atoms with Crippen LogP contribution in [0.5, 0.6) is 0 Å². The van der Waals surface area contributed by atoms with Crippen molar-refractivity contribution in [2.45, 2.75) is 13.5 Å². The number of guanidine groups is 1. The number of amides is 1. The molecule has 0 bridgehead atoms. The van der Waals surface area contributed by atoms with Gasteiger partial charge in [0.25, 0.3) is 0 Å². The normalized spacial score (nSPS) is 15.7. The van der Waals surface area contributed by atoms with Crippen molar-refractivity contribution in [3.05, 3.63) is 35.9 Å². The Morgan fingerprint density at radius 1 is 1.32 bits per heavy atom. The number of carbonyl (C=O) groups is 1. The van der Waals surface area contributed by atoms with Gasteiger partial charge in [0.2, 0.25) is 5.91 Å². The lowest BCUT2D eigenvalue weighted by atomic mass is 10.2. The number of likely N-dealkylation sites (N-methyl/N-ethyl adjacent to an activating group) is 1. The van der Waals surface area contributed by atoms with Crippen LogP contribution in [0.2, 0.25) is 0 Å². The standard InChI is InChI=1S/C16H24N4O2/c1-2-19(13-14-6-4-3-5-7-14)15(21)12-18-16(17)20-8-10-22-11-9-20/h3-7H,2,8-13H2,1H3,(H2,17,18). The number of nitrogens with zero attached hydrogens (tertiary/aromatic N) is 3. The Bertz CT molecular complexity index is 498. The van der Waals surface area contributed by atoms with Gasteiger partial charge in [0.1, 0.15) is 6.54 Å². The van der Waals surface area contributed by atoms with E-state index in [4.69, 9.17) is 10.5 Å². The molecule has 1 heterocycles. The second kappa shape index (κ2) is 8.38. The Labute approximate surface area is 131 Å². The van der Waals surface area contributed by atoms with Crippen LogP contribution in [0, 0.1) is 0 Å². The first kappa shape index (κ1) is 16.3. The Hall–Kier alpha value is -2.08. The van der Waals surface area contributed by atoms with Gasteiger partial charge in [-0.3, -0.25) is 4.79 Å². The second-order valence-electron chi connectivity index (χ2n) is 5.17. The summed E-state index contributed by atoms with van der Waals surface area (Å²) in [6.45, 7) is 6.07. The third-order valence-corrected chi connectivity index (χ3v) is 3.66. The van der Waals surface area contributed by atoms with Gasteiger partial charge < -0.3 is 20.3 Å². The first-order valence-corrected chi connectivity index (χ1v) is 7.65. The average molecular weight is 304 g/mol. The third-order valence-electron chi connectivity index (χ3n) is 3.66. The van der Waals surface area contributed by atoms with Crippen molar-refractivity contribution >= 4 is 11.9 Å². The molecule has 0 atom stereocenters. The van der Waals surface area contributed by atoms with E-state index in [2.05, 4.69) is 4.99 Å². The molecule has 1 aromatic carbocycles. The summed E-state index contributed by atoms with van der Waals surface area (Å²) in [5.74, 6) is 0.412. The van der Waals surface area contributed by atoms with Gasteiger partial charge in [0, 0.05) is 26.2 Å². The Morgan fingerprint density at radius 2 is 2.00 bits per heavy atom. The molecule has 2 N–H and O–H groups in total. The van der Waals surface area contributed by atoms with Crippen molar-refractivity contribution in [3.8, 4) is 0 Å². The molecule has 120 valence electrons. The van der Waals surface area contributed by atoms with E-state index in [1.54, 1.807) is 4.90 Å². The quantitative estimate of drug-likeness (QED) is 0.641. The van der Waals surface area contributed by atoms with E-state index in [9.17, 15) is 4.79 Å². The van der Waals surface area contributed by atoms with E-state index in [1.165, 1.54) is 0 Å². The van der Waals surface area contributed by atoms with E-state index in [-0.39, 0.29) is 12.5 Å². The van der Waals surface area contributed by atoms with E-state index >= 15 is 0 Å². The van der Waals surface area contributed by atoms with Gasteiger partial charge in [-0.25, -0.2) is 4.99 Å². The number of rotatable bonds is 5. The largest absolute Gasteiger partial charge is 0.378 e. The van der Waals surface area contributed by atoms with Crippen LogP contribution in [0.25, 0.3) is 0 Å². The first-order chi connectivity index (χ1) is 10.7. The van der Waals surface area contributed by atoms with E-state index < -0.39 is 0 Å². The highest BCUT2D eigenvalue weighted by Gasteiger charge is 2.15. The molecule has 1 aliphatic rings. The molecule has 0 radical (unpaired) electrons. The Morgan fingerprint density at radius 3 is 2.64 bits per heavy atom. The highest BCUT2D eigenvalue weighted by atomic mass is 16.5. The number of nitrogens with two attached hydrogens (primary N) is 1. The summed E-state index contributed by atoms with van der Waals surface area (Å²) in [5.41, 5.74) is 7.05. The number of carbonyl (C=O) groups excluding carboxylic acids is 1. The van der Waals surface area contributed by atoms with Crippen LogP contribution >= 0.6 is 0 Å². The molecule has 2 rings (SSSR count). The molecule has 1 saturated heterocycles. The maximum Gasteiger partial charge on any atom is 0.244 e. The van der Waals surface area contributed by atoms with Crippen LogP contribution in [-0.4, -0.2) is 61.1 Å². The number of morpholine rings is 1. The second-order valence-corrected chi connectivity index (χ2v) is 5.17. The third kappa shape index (κ3) is 4.73. The highest BCUT2D eigenvalue weighted by molar-refractivity contribution is 5.84. The zero-order valence-corrected chi connectivity index (χ0v) is 13.1. The predicted octanol–water partition coefficient (Wildman–Crippen LogP) is 0.682. The summed E-state index contributed by atoms with van der Waals surface area (Å²) in [6, 6.07) is 9.95. The number of aliphatic imine (C=N–C) groups is 1. The molecule has 1 aromatic rings. The van der Waals surface area contributed by atoms with Crippen molar-refractivity contribution < 1.29 is 9.53 Å². The molecule has 0 aliphatic carbocycles. The van der Waals surface area contributed by atoms with E-state index in [0.29, 0.717) is 32.3 Å². The topological polar surface area (TPSA) is 71.2 Å². The van der Waals surface area contributed by atoms with Crippen LogP contribution in [0.1, 0.15) is 12.5 Å². The lowest BCUT2D eigenvalue weighted by Gasteiger charge is -2.27. The monoisotopic (exact) mass is 304 g/mol. The molecule has 1 amide bonds. The van der Waals surface area contributed by atoms with Gasteiger partial charge >= 0.3 is 0 Å². The van der Waals surface area contributed by atoms with Crippen molar-refractivity contribution in [2.24, 2.45) is 10.7 Å². The fourth-order valence-corrected chi connectivity index (χ4v) is 2.32. The summed E-state index contributed by atoms with van der Waals surface area (Å²) in [7, 11) is 0. The molecule has 0 spiro atoms. The molecule has 1 fully saturated rings. The maximum atomic E-state index is 12.3. The predicted molar refractivity (Wildman–Crippen MR) is 86.4 cm³/mol. The highest BCUT2D eigenvalue weighted by Crippen LogP contribution is 2.05. The lowest BCUT2D eigenvalue weighted by molar-refractivity contribution is -0.130. The van der Waals surface area contributed by atoms with Gasteiger partial charge in [0.05, 0.1) is 13.2 Å². The number of hydrogen-bond donors (Lipinski definition) is 1. The number of benzene rings is 1. The molecule has 1 aliphatic heterocycles. The SMILES string of the molecule is CCN(Cc1ccccc1)C(=O)CN=C(N)N1CCOCC1. The average Bonchev–Trinajstić information content (AvgIpc) is 2.59. The molecule has 6 nitrogen and oxygen atoms in total. The molecular formula is C16H24N4O2. The van der Waals surface area contributed by atoms with Gasteiger partial charge in [0.15, 0.2) is 5.96 Å². The van der Waals surface area contributed by atoms with Gasteiger partial charge in [-0.15, -0.1) is 0 Å². The van der Waals surface area contributed by atoms with E-state index in [1.807, 2.05) is 42.2 Å². The van der Waals surface area contributed by atoms with E-state index in [0.717, 1.165) is 18.7 Å². The van der Waals surface area contributed by atoms with Crippen molar-refractivity contribution in [2.75, 3.05) is 39.4 Å².